The predicted molar refractivity (Wildman–Crippen MR) is 120 cm³/mol. The van der Waals surface area contributed by atoms with E-state index >= 15 is 0 Å². The number of anilines is 2. The number of nitrogens with one attached hydrogen (secondary N) is 2. The highest BCUT2D eigenvalue weighted by Gasteiger charge is 2.33. The molecule has 1 fully saturated rings. The molecule has 8 nitrogen and oxygen atoms in total. The number of hydrogen-bond acceptors (Lipinski definition) is 6. The van der Waals surface area contributed by atoms with Crippen molar-refractivity contribution in [2.75, 3.05) is 36.5 Å². The van der Waals surface area contributed by atoms with Crippen molar-refractivity contribution in [1.29, 1.82) is 0 Å². The molecule has 2 aromatic rings. The van der Waals surface area contributed by atoms with Gasteiger partial charge in [0, 0.05) is 36.3 Å². The molecule has 2 aliphatic heterocycles. The molecule has 1 aromatic heterocycles. The second-order valence-electron chi connectivity index (χ2n) is 8.70. The zero-order valence-electron chi connectivity index (χ0n) is 18.7. The summed E-state index contributed by atoms with van der Waals surface area (Å²) in [5.41, 5.74) is 3.50. The van der Waals surface area contributed by atoms with Crippen LogP contribution in [0.3, 0.4) is 0 Å². The standard InChI is InChI=1S/C23H31N5O3/c1-5-24-22(29)25-17-8-6-16(7-9-17)20-26-19-12-23(3,4)31-14-18(19)21(27-20)28-10-11-30-13-15(28)2/h6-9,15H,5,10-14H2,1-4H3,(H2,24,25,29). The van der Waals surface area contributed by atoms with Crippen molar-refractivity contribution >= 4 is 17.5 Å². The Hall–Kier alpha value is -2.71. The number of carbonyl (C=O) groups excluding carboxylic acids is 1. The Morgan fingerprint density at radius 3 is 2.74 bits per heavy atom. The molecular formula is C23H31N5O3. The average Bonchev–Trinajstić information content (AvgIpc) is 2.73. The first kappa shape index (κ1) is 21.5. The molecule has 166 valence electrons. The summed E-state index contributed by atoms with van der Waals surface area (Å²) in [6.07, 6.45) is 0.737. The van der Waals surface area contributed by atoms with E-state index in [1.54, 1.807) is 0 Å². The number of urea groups is 1. The summed E-state index contributed by atoms with van der Waals surface area (Å²) in [5, 5.41) is 5.55. The minimum atomic E-state index is -0.257. The van der Waals surface area contributed by atoms with Crippen molar-refractivity contribution in [2.24, 2.45) is 0 Å². The molecule has 1 saturated heterocycles. The molecular weight excluding hydrogens is 394 g/mol. The lowest BCUT2D eigenvalue weighted by molar-refractivity contribution is -0.0413. The van der Waals surface area contributed by atoms with Crippen LogP contribution in [-0.2, 0) is 22.5 Å². The van der Waals surface area contributed by atoms with Crippen LogP contribution in [0, 0.1) is 0 Å². The SMILES string of the molecule is CCNC(=O)Nc1ccc(-c2nc3c(c(N4CCOCC4C)n2)COC(C)(C)C3)cc1. The topological polar surface area (TPSA) is 88.6 Å². The van der Waals surface area contributed by atoms with Crippen molar-refractivity contribution in [3.8, 4) is 11.4 Å². The van der Waals surface area contributed by atoms with Crippen LogP contribution in [0.15, 0.2) is 24.3 Å². The quantitative estimate of drug-likeness (QED) is 0.781. The first-order chi connectivity index (χ1) is 14.9. The molecule has 0 bridgehead atoms. The number of ether oxygens (including phenoxy) is 2. The number of fused-ring (bicyclic) bond motifs is 1. The van der Waals surface area contributed by atoms with E-state index in [4.69, 9.17) is 19.4 Å². The van der Waals surface area contributed by atoms with E-state index in [9.17, 15) is 4.79 Å². The van der Waals surface area contributed by atoms with Gasteiger partial charge < -0.3 is 25.0 Å². The van der Waals surface area contributed by atoms with Crippen molar-refractivity contribution in [3.05, 3.63) is 35.5 Å². The van der Waals surface area contributed by atoms with Crippen molar-refractivity contribution in [2.45, 2.75) is 52.4 Å². The monoisotopic (exact) mass is 425 g/mol. The Balaban J connectivity index is 1.69. The summed E-state index contributed by atoms with van der Waals surface area (Å²) >= 11 is 0. The third-order valence-corrected chi connectivity index (χ3v) is 5.65. The van der Waals surface area contributed by atoms with Gasteiger partial charge in [-0.15, -0.1) is 0 Å². The summed E-state index contributed by atoms with van der Waals surface area (Å²) in [5.74, 6) is 1.63. The van der Waals surface area contributed by atoms with E-state index in [1.165, 1.54) is 0 Å². The first-order valence-corrected chi connectivity index (χ1v) is 10.9. The van der Waals surface area contributed by atoms with Crippen molar-refractivity contribution < 1.29 is 14.3 Å². The summed E-state index contributed by atoms with van der Waals surface area (Å²) < 4.78 is 11.7. The van der Waals surface area contributed by atoms with Crippen molar-refractivity contribution in [1.82, 2.24) is 15.3 Å². The largest absolute Gasteiger partial charge is 0.377 e. The van der Waals surface area contributed by atoms with E-state index < -0.39 is 0 Å². The average molecular weight is 426 g/mol. The molecule has 31 heavy (non-hydrogen) atoms. The zero-order valence-corrected chi connectivity index (χ0v) is 18.7. The lowest BCUT2D eigenvalue weighted by Gasteiger charge is -2.38. The second kappa shape index (κ2) is 8.80. The molecule has 1 unspecified atom stereocenters. The molecule has 2 N–H and O–H groups in total. The highest BCUT2D eigenvalue weighted by molar-refractivity contribution is 5.89. The van der Waals surface area contributed by atoms with Gasteiger partial charge in [0.1, 0.15) is 5.82 Å². The number of nitrogens with zero attached hydrogens (tertiary/aromatic N) is 3. The molecule has 2 amide bonds. The Morgan fingerprint density at radius 1 is 1.26 bits per heavy atom. The van der Waals surface area contributed by atoms with Gasteiger partial charge >= 0.3 is 6.03 Å². The number of morpholine rings is 1. The Bertz CT molecular complexity index is 945. The Labute approximate surface area is 183 Å². The number of rotatable bonds is 4. The number of carbonyl (C=O) groups is 1. The van der Waals surface area contributed by atoms with Crippen LogP contribution in [0.1, 0.15) is 39.0 Å². The third-order valence-electron chi connectivity index (χ3n) is 5.65. The highest BCUT2D eigenvalue weighted by atomic mass is 16.5. The molecule has 0 aliphatic carbocycles. The second-order valence-corrected chi connectivity index (χ2v) is 8.70. The fourth-order valence-corrected chi connectivity index (χ4v) is 3.98. The van der Waals surface area contributed by atoms with Crippen LogP contribution in [0.25, 0.3) is 11.4 Å². The number of hydrogen-bond donors (Lipinski definition) is 2. The Morgan fingerprint density at radius 2 is 2.03 bits per heavy atom. The van der Waals surface area contributed by atoms with Gasteiger partial charge in [-0.2, -0.15) is 0 Å². The molecule has 3 heterocycles. The summed E-state index contributed by atoms with van der Waals surface area (Å²) in [7, 11) is 0. The molecule has 8 heteroatoms. The molecule has 2 aliphatic rings. The molecule has 0 spiro atoms. The van der Waals surface area contributed by atoms with E-state index in [2.05, 4.69) is 36.3 Å². The lowest BCUT2D eigenvalue weighted by Crippen LogP contribution is -2.45. The number of amides is 2. The maximum atomic E-state index is 11.8. The van der Waals surface area contributed by atoms with Gasteiger partial charge in [0.25, 0.3) is 0 Å². The van der Waals surface area contributed by atoms with Crippen LogP contribution in [0.2, 0.25) is 0 Å². The van der Waals surface area contributed by atoms with Gasteiger partial charge in [-0.3, -0.25) is 0 Å². The van der Waals surface area contributed by atoms with E-state index in [-0.39, 0.29) is 17.7 Å². The molecule has 4 rings (SSSR count). The minimum absolute atomic E-state index is 0.217. The lowest BCUT2D eigenvalue weighted by atomic mass is 9.95. The number of benzene rings is 1. The summed E-state index contributed by atoms with van der Waals surface area (Å²) in [6, 6.07) is 7.65. The van der Waals surface area contributed by atoms with E-state index in [0.29, 0.717) is 32.2 Å². The van der Waals surface area contributed by atoms with E-state index in [1.807, 2.05) is 31.2 Å². The first-order valence-electron chi connectivity index (χ1n) is 10.9. The summed E-state index contributed by atoms with van der Waals surface area (Å²) in [6.45, 7) is 11.5. The molecule has 1 atom stereocenters. The third kappa shape index (κ3) is 4.80. The fraction of sp³-hybridized carbons (Fsp3) is 0.522. The fourth-order valence-electron chi connectivity index (χ4n) is 3.98. The number of aromatic nitrogens is 2. The normalized spacial score (nSPS) is 20.1. The maximum absolute atomic E-state index is 11.8. The minimum Gasteiger partial charge on any atom is -0.377 e. The Kier molecular flexibility index (Phi) is 6.11. The van der Waals surface area contributed by atoms with Crippen LogP contribution >= 0.6 is 0 Å². The van der Waals surface area contributed by atoms with Crippen LogP contribution in [0.5, 0.6) is 0 Å². The van der Waals surface area contributed by atoms with E-state index in [0.717, 1.165) is 41.3 Å². The van der Waals surface area contributed by atoms with Gasteiger partial charge in [0.15, 0.2) is 5.82 Å². The van der Waals surface area contributed by atoms with Crippen LogP contribution < -0.4 is 15.5 Å². The molecule has 1 aromatic carbocycles. The smallest absolute Gasteiger partial charge is 0.319 e. The van der Waals surface area contributed by atoms with Gasteiger partial charge in [-0.1, -0.05) is 0 Å². The zero-order chi connectivity index (χ0) is 22.0. The predicted octanol–water partition coefficient (Wildman–Crippen LogP) is 3.36. The maximum Gasteiger partial charge on any atom is 0.319 e. The van der Waals surface area contributed by atoms with Gasteiger partial charge in [-0.05, 0) is 52.0 Å². The highest BCUT2D eigenvalue weighted by Crippen LogP contribution is 2.35. The molecule has 0 radical (unpaired) electrons. The van der Waals surface area contributed by atoms with Crippen molar-refractivity contribution in [3.63, 3.8) is 0 Å². The molecule has 0 saturated carbocycles. The van der Waals surface area contributed by atoms with Gasteiger partial charge in [-0.25, -0.2) is 14.8 Å². The van der Waals surface area contributed by atoms with Gasteiger partial charge in [0.05, 0.1) is 37.2 Å². The van der Waals surface area contributed by atoms with Crippen LogP contribution in [-0.4, -0.2) is 53.9 Å². The van der Waals surface area contributed by atoms with Gasteiger partial charge in [0.2, 0.25) is 0 Å². The summed E-state index contributed by atoms with van der Waals surface area (Å²) in [4.78, 5) is 24.0. The van der Waals surface area contributed by atoms with Crippen LogP contribution in [0.4, 0.5) is 16.3 Å².